The quantitative estimate of drug-likeness (QED) is 0.545. The Hall–Kier alpha value is -3.53. The number of carbonyl (C=O) groups excluding carboxylic acids is 2. The van der Waals surface area contributed by atoms with E-state index in [-0.39, 0.29) is 11.8 Å². The van der Waals surface area contributed by atoms with Crippen molar-refractivity contribution < 1.29 is 14.3 Å². The van der Waals surface area contributed by atoms with Crippen LogP contribution in [0.15, 0.2) is 48.7 Å². The summed E-state index contributed by atoms with van der Waals surface area (Å²) in [5.74, 6) is 1.52. The molecular formula is C23H26N6O3S. The van der Waals surface area contributed by atoms with Gasteiger partial charge in [-0.2, -0.15) is 0 Å². The number of methoxy groups -OCH3 is 1. The SMILES string of the molecule is COc1ccc(NC(=O)c2nnc(CCCC(=O)N3CCN(c4ccccn4)CC3)s2)cc1. The molecule has 0 atom stereocenters. The van der Waals surface area contributed by atoms with Crippen molar-refractivity contribution in [3.8, 4) is 5.75 Å². The molecule has 0 saturated carbocycles. The van der Waals surface area contributed by atoms with E-state index in [0.717, 1.165) is 29.7 Å². The predicted octanol–water partition coefficient (Wildman–Crippen LogP) is 2.87. The molecule has 2 aromatic heterocycles. The molecule has 1 aromatic carbocycles. The highest BCUT2D eigenvalue weighted by atomic mass is 32.1. The number of benzene rings is 1. The first kappa shape index (κ1) is 22.7. The summed E-state index contributed by atoms with van der Waals surface area (Å²) in [6, 6.07) is 12.9. The van der Waals surface area contributed by atoms with Gasteiger partial charge in [0.2, 0.25) is 10.9 Å². The minimum absolute atomic E-state index is 0.151. The van der Waals surface area contributed by atoms with Crippen LogP contribution in [0.4, 0.5) is 11.5 Å². The lowest BCUT2D eigenvalue weighted by atomic mass is 10.2. The van der Waals surface area contributed by atoms with Crippen molar-refractivity contribution in [3.63, 3.8) is 0 Å². The van der Waals surface area contributed by atoms with E-state index >= 15 is 0 Å². The second-order valence-corrected chi connectivity index (χ2v) is 8.65. The normalized spacial score (nSPS) is 13.6. The molecule has 1 fully saturated rings. The Kier molecular flexibility index (Phi) is 7.46. The zero-order chi connectivity index (χ0) is 23.0. The first-order valence-corrected chi connectivity index (χ1v) is 11.7. The molecule has 1 saturated heterocycles. The molecule has 0 aliphatic carbocycles. The number of carbonyl (C=O) groups is 2. The number of nitrogens with one attached hydrogen (secondary N) is 1. The first-order valence-electron chi connectivity index (χ1n) is 10.8. The minimum Gasteiger partial charge on any atom is -0.497 e. The Labute approximate surface area is 196 Å². The topological polar surface area (TPSA) is 101 Å². The van der Waals surface area contributed by atoms with Gasteiger partial charge in [-0.15, -0.1) is 10.2 Å². The first-order chi connectivity index (χ1) is 16.1. The molecule has 4 rings (SSSR count). The van der Waals surface area contributed by atoms with Gasteiger partial charge >= 0.3 is 0 Å². The predicted molar refractivity (Wildman–Crippen MR) is 127 cm³/mol. The van der Waals surface area contributed by atoms with Crippen molar-refractivity contribution in [3.05, 3.63) is 58.7 Å². The summed E-state index contributed by atoms with van der Waals surface area (Å²) in [6.45, 7) is 2.96. The Morgan fingerprint density at radius 1 is 1.06 bits per heavy atom. The van der Waals surface area contributed by atoms with E-state index in [1.54, 1.807) is 37.6 Å². The van der Waals surface area contributed by atoms with Gasteiger partial charge in [0, 0.05) is 50.9 Å². The van der Waals surface area contributed by atoms with Crippen LogP contribution in [-0.4, -0.2) is 65.2 Å². The number of nitrogens with zero attached hydrogens (tertiary/aromatic N) is 5. The average Bonchev–Trinajstić information content (AvgIpc) is 3.34. The van der Waals surface area contributed by atoms with Crippen LogP contribution in [0.5, 0.6) is 5.75 Å². The summed E-state index contributed by atoms with van der Waals surface area (Å²) < 4.78 is 5.11. The van der Waals surface area contributed by atoms with Crippen LogP contribution in [0, 0.1) is 0 Å². The van der Waals surface area contributed by atoms with Gasteiger partial charge in [0.1, 0.15) is 16.6 Å². The van der Waals surface area contributed by atoms with Crippen LogP contribution in [-0.2, 0) is 11.2 Å². The second-order valence-electron chi connectivity index (χ2n) is 7.59. The zero-order valence-corrected chi connectivity index (χ0v) is 19.3. The third-order valence-corrected chi connectivity index (χ3v) is 6.38. The maximum absolute atomic E-state index is 12.6. The highest BCUT2D eigenvalue weighted by molar-refractivity contribution is 7.13. The number of anilines is 2. The monoisotopic (exact) mass is 466 g/mol. The van der Waals surface area contributed by atoms with E-state index in [2.05, 4.69) is 25.4 Å². The summed E-state index contributed by atoms with van der Waals surface area (Å²) in [6.07, 6.45) is 3.53. The van der Waals surface area contributed by atoms with E-state index in [1.807, 2.05) is 23.1 Å². The number of hydrogen-bond acceptors (Lipinski definition) is 8. The molecule has 0 radical (unpaired) electrons. The number of amides is 2. The molecule has 3 aromatic rings. The van der Waals surface area contributed by atoms with Gasteiger partial charge in [-0.1, -0.05) is 17.4 Å². The number of aromatic nitrogens is 3. The van der Waals surface area contributed by atoms with Crippen molar-refractivity contribution in [2.24, 2.45) is 0 Å². The zero-order valence-electron chi connectivity index (χ0n) is 18.4. The average molecular weight is 467 g/mol. The van der Waals surface area contributed by atoms with E-state index in [0.29, 0.717) is 43.0 Å². The summed E-state index contributed by atoms with van der Waals surface area (Å²) in [7, 11) is 1.59. The molecular weight excluding hydrogens is 440 g/mol. The van der Waals surface area contributed by atoms with Gasteiger partial charge in [0.15, 0.2) is 0 Å². The van der Waals surface area contributed by atoms with E-state index < -0.39 is 0 Å². The lowest BCUT2D eigenvalue weighted by Gasteiger charge is -2.35. The fourth-order valence-electron chi connectivity index (χ4n) is 3.58. The lowest BCUT2D eigenvalue weighted by Crippen LogP contribution is -2.49. The number of hydrogen-bond donors (Lipinski definition) is 1. The maximum Gasteiger partial charge on any atom is 0.286 e. The van der Waals surface area contributed by atoms with Crippen LogP contribution >= 0.6 is 11.3 Å². The fourth-order valence-corrected chi connectivity index (χ4v) is 4.36. The highest BCUT2D eigenvalue weighted by Crippen LogP contribution is 2.18. The van der Waals surface area contributed by atoms with Gasteiger partial charge in [-0.3, -0.25) is 9.59 Å². The number of rotatable bonds is 8. The fraction of sp³-hybridized carbons (Fsp3) is 0.348. The molecule has 172 valence electrons. The van der Waals surface area contributed by atoms with Crippen molar-refractivity contribution in [2.45, 2.75) is 19.3 Å². The van der Waals surface area contributed by atoms with Gasteiger partial charge in [0.05, 0.1) is 7.11 Å². The number of aryl methyl sites for hydroxylation is 1. The van der Waals surface area contributed by atoms with Crippen LogP contribution in [0.2, 0.25) is 0 Å². The molecule has 9 nitrogen and oxygen atoms in total. The van der Waals surface area contributed by atoms with Gasteiger partial charge in [-0.05, 0) is 42.8 Å². The Bertz CT molecular complexity index is 1070. The molecule has 3 heterocycles. The summed E-state index contributed by atoms with van der Waals surface area (Å²) in [5, 5.41) is 12.0. The molecule has 2 amide bonds. The van der Waals surface area contributed by atoms with Gasteiger partial charge in [0.25, 0.3) is 5.91 Å². The van der Waals surface area contributed by atoms with Crippen LogP contribution in [0.25, 0.3) is 0 Å². The van der Waals surface area contributed by atoms with Crippen molar-refractivity contribution in [1.29, 1.82) is 0 Å². The van der Waals surface area contributed by atoms with Crippen molar-refractivity contribution in [2.75, 3.05) is 43.5 Å². The molecule has 0 bridgehead atoms. The van der Waals surface area contributed by atoms with Crippen LogP contribution in [0.3, 0.4) is 0 Å². The Balaban J connectivity index is 1.19. The third kappa shape index (κ3) is 6.04. The minimum atomic E-state index is -0.300. The lowest BCUT2D eigenvalue weighted by molar-refractivity contribution is -0.131. The molecule has 33 heavy (non-hydrogen) atoms. The van der Waals surface area contributed by atoms with E-state index in [4.69, 9.17) is 4.74 Å². The number of pyridine rings is 1. The highest BCUT2D eigenvalue weighted by Gasteiger charge is 2.21. The largest absolute Gasteiger partial charge is 0.497 e. The summed E-state index contributed by atoms with van der Waals surface area (Å²) in [5.41, 5.74) is 0.659. The Morgan fingerprint density at radius 3 is 2.55 bits per heavy atom. The number of ether oxygens (including phenoxy) is 1. The second kappa shape index (κ2) is 10.9. The Morgan fingerprint density at radius 2 is 1.85 bits per heavy atom. The standard InChI is InChI=1S/C23H26N6O3S/c1-32-18-10-8-17(9-11-18)25-22(31)23-27-26-20(33-23)6-4-7-21(30)29-15-13-28(14-16-29)19-5-2-3-12-24-19/h2-3,5,8-12H,4,6-7,13-16H2,1H3,(H,25,31). The van der Waals surface area contributed by atoms with E-state index in [1.165, 1.54) is 11.3 Å². The molecule has 1 aliphatic heterocycles. The van der Waals surface area contributed by atoms with Gasteiger partial charge in [-0.25, -0.2) is 4.98 Å². The molecule has 10 heteroatoms. The van der Waals surface area contributed by atoms with Crippen LogP contribution < -0.4 is 15.0 Å². The number of piperazine rings is 1. The molecule has 0 spiro atoms. The summed E-state index contributed by atoms with van der Waals surface area (Å²) in [4.78, 5) is 33.5. The molecule has 1 aliphatic rings. The molecule has 1 N–H and O–H groups in total. The van der Waals surface area contributed by atoms with E-state index in [9.17, 15) is 9.59 Å². The van der Waals surface area contributed by atoms with Crippen molar-refractivity contribution in [1.82, 2.24) is 20.1 Å². The van der Waals surface area contributed by atoms with Crippen LogP contribution in [0.1, 0.15) is 27.7 Å². The van der Waals surface area contributed by atoms with Gasteiger partial charge < -0.3 is 19.9 Å². The third-order valence-electron chi connectivity index (χ3n) is 5.40. The van der Waals surface area contributed by atoms with Crippen molar-refractivity contribution >= 4 is 34.7 Å². The maximum atomic E-state index is 12.6. The summed E-state index contributed by atoms with van der Waals surface area (Å²) >= 11 is 1.26. The molecule has 0 unspecified atom stereocenters. The smallest absolute Gasteiger partial charge is 0.286 e.